The van der Waals surface area contributed by atoms with E-state index in [1.54, 1.807) is 0 Å². The molecule has 2 saturated heterocycles. The highest BCUT2D eigenvalue weighted by molar-refractivity contribution is 6.07. The number of halogens is 1. The van der Waals surface area contributed by atoms with Crippen molar-refractivity contribution in [3.63, 3.8) is 0 Å². The Kier molecular flexibility index (Phi) is 6.48. The molecule has 0 aliphatic carbocycles. The number of benzene rings is 2. The third-order valence-corrected chi connectivity index (χ3v) is 5.75. The molecule has 2 aliphatic heterocycles. The van der Waals surface area contributed by atoms with Gasteiger partial charge in [0.2, 0.25) is 5.91 Å². The van der Waals surface area contributed by atoms with Gasteiger partial charge in [-0.1, -0.05) is 12.1 Å². The Balaban J connectivity index is 1.50. The van der Waals surface area contributed by atoms with Gasteiger partial charge in [-0.05, 0) is 56.8 Å². The van der Waals surface area contributed by atoms with Crippen LogP contribution < -0.4 is 15.5 Å². The second kappa shape index (κ2) is 9.45. The minimum Gasteiger partial charge on any atom is -0.378 e. The number of carbonyl (C=O) groups is 2. The Bertz CT molecular complexity index is 962. The number of amides is 2. The summed E-state index contributed by atoms with van der Waals surface area (Å²) in [5, 5.41) is 5.64. The van der Waals surface area contributed by atoms with Gasteiger partial charge in [0, 0.05) is 24.3 Å². The summed E-state index contributed by atoms with van der Waals surface area (Å²) in [6, 6.07) is 11.2. The normalized spacial score (nSPS) is 19.3. The lowest BCUT2D eigenvalue weighted by molar-refractivity contribution is -0.119. The summed E-state index contributed by atoms with van der Waals surface area (Å²) in [4.78, 5) is 29.6. The fourth-order valence-electron chi connectivity index (χ4n) is 4.11. The molecule has 4 rings (SSSR count). The Morgan fingerprint density at radius 3 is 2.58 bits per heavy atom. The highest BCUT2D eigenvalue weighted by atomic mass is 19.1. The number of para-hydroxylation sites is 2. The smallest absolute Gasteiger partial charge is 0.255 e. The molecule has 0 radical (unpaired) electrons. The average Bonchev–Trinajstić information content (AvgIpc) is 3.20. The van der Waals surface area contributed by atoms with Gasteiger partial charge in [-0.15, -0.1) is 0 Å². The van der Waals surface area contributed by atoms with Gasteiger partial charge in [0.05, 0.1) is 30.6 Å². The van der Waals surface area contributed by atoms with Crippen molar-refractivity contribution in [3.05, 3.63) is 53.8 Å². The minimum absolute atomic E-state index is 0.145. The number of carbonyl (C=O) groups excluding carboxylic acids is 2. The summed E-state index contributed by atoms with van der Waals surface area (Å²) in [5.74, 6) is -1.20. The van der Waals surface area contributed by atoms with Gasteiger partial charge in [-0.2, -0.15) is 0 Å². The molecule has 8 heteroatoms. The molecule has 2 heterocycles. The van der Waals surface area contributed by atoms with E-state index in [-0.39, 0.29) is 23.2 Å². The predicted octanol–water partition coefficient (Wildman–Crippen LogP) is 2.95. The maximum atomic E-state index is 14.2. The first kappa shape index (κ1) is 21.3. The van der Waals surface area contributed by atoms with E-state index in [4.69, 9.17) is 4.74 Å². The van der Waals surface area contributed by atoms with Crippen LogP contribution in [-0.2, 0) is 9.53 Å². The monoisotopic (exact) mass is 426 g/mol. The van der Waals surface area contributed by atoms with Crippen molar-refractivity contribution in [1.82, 2.24) is 4.90 Å². The first-order valence-electron chi connectivity index (χ1n) is 10.6. The van der Waals surface area contributed by atoms with Crippen molar-refractivity contribution < 1.29 is 18.7 Å². The van der Waals surface area contributed by atoms with Gasteiger partial charge >= 0.3 is 0 Å². The number of likely N-dealkylation sites (N-methyl/N-ethyl adjacent to an activating group) is 1. The van der Waals surface area contributed by atoms with Crippen LogP contribution >= 0.6 is 0 Å². The van der Waals surface area contributed by atoms with Gasteiger partial charge in [-0.3, -0.25) is 14.5 Å². The van der Waals surface area contributed by atoms with Crippen LogP contribution in [0, 0.1) is 5.82 Å². The van der Waals surface area contributed by atoms with Gasteiger partial charge in [-0.25, -0.2) is 4.39 Å². The molecule has 0 unspecified atom stereocenters. The number of anilines is 3. The Hall–Kier alpha value is -2.97. The molecule has 2 aromatic carbocycles. The fourth-order valence-corrected chi connectivity index (χ4v) is 4.11. The van der Waals surface area contributed by atoms with Gasteiger partial charge in [0.1, 0.15) is 5.82 Å². The quantitative estimate of drug-likeness (QED) is 0.769. The van der Waals surface area contributed by atoms with Crippen molar-refractivity contribution in [3.8, 4) is 0 Å². The summed E-state index contributed by atoms with van der Waals surface area (Å²) in [7, 11) is 1.90. The van der Waals surface area contributed by atoms with E-state index >= 15 is 0 Å². The molecule has 0 aromatic heterocycles. The summed E-state index contributed by atoms with van der Waals surface area (Å²) in [5.41, 5.74) is 1.97. The highest BCUT2D eigenvalue weighted by Crippen LogP contribution is 2.27. The van der Waals surface area contributed by atoms with Gasteiger partial charge < -0.3 is 20.3 Å². The van der Waals surface area contributed by atoms with E-state index in [2.05, 4.69) is 15.5 Å². The number of nitrogens with one attached hydrogen (secondary N) is 2. The molecule has 2 fully saturated rings. The molecule has 0 spiro atoms. The molecule has 2 aromatic rings. The van der Waals surface area contributed by atoms with Crippen LogP contribution in [-0.4, -0.2) is 62.7 Å². The van der Waals surface area contributed by atoms with Crippen LogP contribution in [0.3, 0.4) is 0 Å². The Morgan fingerprint density at radius 1 is 1.06 bits per heavy atom. The second-order valence-corrected chi connectivity index (χ2v) is 7.93. The topological polar surface area (TPSA) is 73.9 Å². The predicted molar refractivity (Wildman–Crippen MR) is 118 cm³/mol. The maximum absolute atomic E-state index is 14.2. The zero-order valence-corrected chi connectivity index (χ0v) is 17.6. The van der Waals surface area contributed by atoms with E-state index in [1.807, 2.05) is 36.2 Å². The third kappa shape index (κ3) is 5.03. The molecule has 1 atom stereocenters. The molecule has 7 nitrogen and oxygen atoms in total. The van der Waals surface area contributed by atoms with Crippen LogP contribution in [0.25, 0.3) is 0 Å². The number of hydrogen-bond donors (Lipinski definition) is 2. The number of rotatable bonds is 5. The zero-order chi connectivity index (χ0) is 21.8. The first-order chi connectivity index (χ1) is 15.0. The number of morpholine rings is 1. The van der Waals surface area contributed by atoms with E-state index in [1.165, 1.54) is 18.2 Å². The van der Waals surface area contributed by atoms with E-state index in [0.29, 0.717) is 18.9 Å². The lowest BCUT2D eigenvalue weighted by Crippen LogP contribution is -2.37. The third-order valence-electron chi connectivity index (χ3n) is 5.75. The Morgan fingerprint density at radius 2 is 1.84 bits per heavy atom. The largest absolute Gasteiger partial charge is 0.378 e. The molecule has 31 heavy (non-hydrogen) atoms. The average molecular weight is 426 g/mol. The lowest BCUT2D eigenvalue weighted by atomic mass is 10.1. The van der Waals surface area contributed by atoms with Crippen molar-refractivity contribution >= 4 is 28.9 Å². The number of nitrogens with zero attached hydrogens (tertiary/aromatic N) is 2. The van der Waals surface area contributed by atoms with E-state index in [0.717, 1.165) is 38.2 Å². The summed E-state index contributed by atoms with van der Waals surface area (Å²) >= 11 is 0. The fraction of sp³-hybridized carbons (Fsp3) is 0.391. The molecule has 2 N–H and O–H groups in total. The highest BCUT2D eigenvalue weighted by Gasteiger charge is 2.28. The van der Waals surface area contributed by atoms with Crippen molar-refractivity contribution in [2.75, 3.05) is 55.4 Å². The minimum atomic E-state index is -0.579. The van der Waals surface area contributed by atoms with Crippen LogP contribution in [0.5, 0.6) is 0 Å². The van der Waals surface area contributed by atoms with Crippen LogP contribution in [0.15, 0.2) is 42.5 Å². The van der Waals surface area contributed by atoms with Crippen molar-refractivity contribution in [2.24, 2.45) is 0 Å². The summed E-state index contributed by atoms with van der Waals surface area (Å²) < 4.78 is 19.6. The van der Waals surface area contributed by atoms with Gasteiger partial charge in [0.25, 0.3) is 5.91 Å². The zero-order valence-electron chi connectivity index (χ0n) is 17.6. The van der Waals surface area contributed by atoms with Crippen LogP contribution in [0.2, 0.25) is 0 Å². The summed E-state index contributed by atoms with van der Waals surface area (Å²) in [6.07, 6.45) is 1.72. The molecule has 2 amide bonds. The van der Waals surface area contributed by atoms with E-state index in [9.17, 15) is 14.0 Å². The molecule has 0 saturated carbocycles. The standard InChI is InChI=1S/C23H27FN4O3/c1-27-8-4-7-21(27)23(30)25-18-14-16(13-17(24)15-18)22(29)26-19-5-2-3-6-20(19)28-9-11-31-12-10-28/h2-3,5-6,13-15,21H,4,7-12H2,1H3,(H,25,30)(H,26,29)/t21-/m1/s1. The molecule has 2 aliphatic rings. The second-order valence-electron chi connectivity index (χ2n) is 7.93. The van der Waals surface area contributed by atoms with Crippen molar-refractivity contribution in [2.45, 2.75) is 18.9 Å². The number of ether oxygens (including phenoxy) is 1. The molecule has 164 valence electrons. The van der Waals surface area contributed by atoms with Crippen LogP contribution in [0.4, 0.5) is 21.5 Å². The molecular formula is C23H27FN4O3. The molecular weight excluding hydrogens is 399 g/mol. The van der Waals surface area contributed by atoms with Crippen molar-refractivity contribution in [1.29, 1.82) is 0 Å². The van der Waals surface area contributed by atoms with E-state index < -0.39 is 11.7 Å². The first-order valence-corrected chi connectivity index (χ1v) is 10.6. The lowest BCUT2D eigenvalue weighted by Gasteiger charge is -2.30. The SMILES string of the molecule is CN1CCC[C@@H]1C(=O)Nc1cc(F)cc(C(=O)Nc2ccccc2N2CCOCC2)c1. The Labute approximate surface area is 181 Å². The number of likely N-dealkylation sites (tertiary alicyclic amines) is 1. The van der Waals surface area contributed by atoms with Crippen LogP contribution in [0.1, 0.15) is 23.2 Å². The maximum Gasteiger partial charge on any atom is 0.255 e. The molecule has 0 bridgehead atoms. The van der Waals surface area contributed by atoms with Gasteiger partial charge in [0.15, 0.2) is 0 Å². The summed E-state index contributed by atoms with van der Waals surface area (Å²) in [6.45, 7) is 3.59. The number of hydrogen-bond acceptors (Lipinski definition) is 5.